The molecule has 1 aliphatic carbocycles. The van der Waals surface area contributed by atoms with Gasteiger partial charge in [0, 0.05) is 6.61 Å². The first-order chi connectivity index (χ1) is 9.15. The summed E-state index contributed by atoms with van der Waals surface area (Å²) in [6.45, 7) is 5.31. The molecule has 0 bridgehead atoms. The van der Waals surface area contributed by atoms with Crippen molar-refractivity contribution in [2.45, 2.75) is 33.1 Å². The number of ether oxygens (including phenoxy) is 2. The molecule has 19 heavy (non-hydrogen) atoms. The van der Waals surface area contributed by atoms with E-state index in [0.717, 1.165) is 24.8 Å². The fraction of sp³-hybridized carbons (Fsp3) is 0.600. The van der Waals surface area contributed by atoms with Crippen LogP contribution in [0.1, 0.15) is 33.1 Å². The van der Waals surface area contributed by atoms with Crippen LogP contribution in [0, 0.1) is 17.2 Å². The standard InChI is InChI=1S/C15H21NO3/c1-12(2)11-18-8-9-19-15(17)14(10-16)13-6-4-3-5-7-13/h4,6,12H,3,5,7-9,11H2,1-2H3/b14-13+. The van der Waals surface area contributed by atoms with E-state index in [0.29, 0.717) is 19.1 Å². The Hall–Kier alpha value is -1.60. The molecule has 0 saturated carbocycles. The zero-order valence-electron chi connectivity index (χ0n) is 11.6. The van der Waals surface area contributed by atoms with Crippen molar-refractivity contribution in [3.8, 4) is 6.07 Å². The highest BCUT2D eigenvalue weighted by molar-refractivity contribution is 5.94. The summed E-state index contributed by atoms with van der Waals surface area (Å²) in [5, 5.41) is 9.05. The van der Waals surface area contributed by atoms with E-state index in [4.69, 9.17) is 14.7 Å². The number of esters is 1. The normalized spacial score (nSPS) is 17.2. The SMILES string of the molecule is CC(C)COCCOC(=O)/C(C#N)=C1\C=CCCC1. The van der Waals surface area contributed by atoms with Crippen LogP contribution in [0.3, 0.4) is 0 Å². The first-order valence-corrected chi connectivity index (χ1v) is 6.69. The van der Waals surface area contributed by atoms with Gasteiger partial charge in [-0.3, -0.25) is 0 Å². The highest BCUT2D eigenvalue weighted by atomic mass is 16.6. The largest absolute Gasteiger partial charge is 0.459 e. The summed E-state index contributed by atoms with van der Waals surface area (Å²) in [5.74, 6) is -0.0861. The summed E-state index contributed by atoms with van der Waals surface area (Å²) < 4.78 is 10.4. The minimum atomic E-state index is -0.544. The van der Waals surface area contributed by atoms with Crippen molar-refractivity contribution in [2.75, 3.05) is 19.8 Å². The number of allylic oxidation sites excluding steroid dienone is 3. The van der Waals surface area contributed by atoms with Gasteiger partial charge in [-0.05, 0) is 30.8 Å². The third-order valence-electron chi connectivity index (χ3n) is 2.68. The van der Waals surface area contributed by atoms with Crippen molar-refractivity contribution >= 4 is 5.97 Å². The Morgan fingerprint density at radius 2 is 2.26 bits per heavy atom. The second kappa shape index (κ2) is 8.49. The maximum Gasteiger partial charge on any atom is 0.349 e. The molecule has 0 saturated heterocycles. The second-order valence-electron chi connectivity index (χ2n) is 4.91. The number of nitrogens with zero attached hydrogens (tertiary/aromatic N) is 1. The topological polar surface area (TPSA) is 59.3 Å². The molecule has 0 N–H and O–H groups in total. The Morgan fingerprint density at radius 1 is 1.47 bits per heavy atom. The van der Waals surface area contributed by atoms with Crippen molar-refractivity contribution < 1.29 is 14.3 Å². The van der Waals surface area contributed by atoms with Gasteiger partial charge in [-0.15, -0.1) is 0 Å². The van der Waals surface area contributed by atoms with Crippen molar-refractivity contribution in [3.05, 3.63) is 23.3 Å². The summed E-state index contributed by atoms with van der Waals surface area (Å²) in [7, 11) is 0. The molecular formula is C15H21NO3. The molecule has 0 aromatic carbocycles. The molecule has 0 aliphatic heterocycles. The van der Waals surface area contributed by atoms with E-state index < -0.39 is 5.97 Å². The molecule has 0 radical (unpaired) electrons. The summed E-state index contributed by atoms with van der Waals surface area (Å²) in [6, 6.07) is 1.94. The number of hydrogen-bond acceptors (Lipinski definition) is 4. The molecule has 104 valence electrons. The van der Waals surface area contributed by atoms with Crippen LogP contribution in [-0.4, -0.2) is 25.8 Å². The van der Waals surface area contributed by atoms with Crippen LogP contribution >= 0.6 is 0 Å². The smallest absolute Gasteiger partial charge is 0.349 e. The predicted molar refractivity (Wildman–Crippen MR) is 72.2 cm³/mol. The lowest BCUT2D eigenvalue weighted by Gasteiger charge is -2.10. The van der Waals surface area contributed by atoms with E-state index in [-0.39, 0.29) is 12.2 Å². The Morgan fingerprint density at radius 3 is 2.84 bits per heavy atom. The lowest BCUT2D eigenvalue weighted by atomic mass is 9.97. The monoisotopic (exact) mass is 263 g/mol. The molecule has 0 unspecified atom stereocenters. The van der Waals surface area contributed by atoms with Gasteiger partial charge >= 0.3 is 5.97 Å². The van der Waals surface area contributed by atoms with Crippen LogP contribution in [0.2, 0.25) is 0 Å². The van der Waals surface area contributed by atoms with Crippen LogP contribution in [0.5, 0.6) is 0 Å². The van der Waals surface area contributed by atoms with Crippen molar-refractivity contribution in [1.29, 1.82) is 5.26 Å². The van der Waals surface area contributed by atoms with Gasteiger partial charge in [0.25, 0.3) is 0 Å². The van der Waals surface area contributed by atoms with Crippen LogP contribution in [0.4, 0.5) is 0 Å². The van der Waals surface area contributed by atoms with Gasteiger partial charge in [0.15, 0.2) is 0 Å². The van der Waals surface area contributed by atoms with Crippen molar-refractivity contribution in [3.63, 3.8) is 0 Å². The highest BCUT2D eigenvalue weighted by Crippen LogP contribution is 2.20. The second-order valence-corrected chi connectivity index (χ2v) is 4.91. The summed E-state index contributed by atoms with van der Waals surface area (Å²) in [4.78, 5) is 11.8. The molecule has 4 heteroatoms. The fourth-order valence-electron chi connectivity index (χ4n) is 1.76. The van der Waals surface area contributed by atoms with Gasteiger partial charge in [-0.1, -0.05) is 26.0 Å². The quantitative estimate of drug-likeness (QED) is 0.320. The van der Waals surface area contributed by atoms with Crippen molar-refractivity contribution in [2.24, 2.45) is 5.92 Å². The fourth-order valence-corrected chi connectivity index (χ4v) is 1.76. The van der Waals surface area contributed by atoms with Gasteiger partial charge in [0.2, 0.25) is 0 Å². The molecule has 1 rings (SSSR count). The van der Waals surface area contributed by atoms with E-state index in [1.807, 2.05) is 18.2 Å². The minimum Gasteiger partial charge on any atom is -0.459 e. The molecule has 0 heterocycles. The summed E-state index contributed by atoms with van der Waals surface area (Å²) in [5.41, 5.74) is 0.904. The summed E-state index contributed by atoms with van der Waals surface area (Å²) >= 11 is 0. The lowest BCUT2D eigenvalue weighted by molar-refractivity contribution is -0.140. The van der Waals surface area contributed by atoms with Crippen LogP contribution < -0.4 is 0 Å². The molecule has 0 amide bonds. The Bertz CT molecular complexity index is 402. The number of hydrogen-bond donors (Lipinski definition) is 0. The van der Waals surface area contributed by atoms with Gasteiger partial charge in [-0.2, -0.15) is 5.26 Å². The first kappa shape index (κ1) is 15.5. The molecule has 0 atom stereocenters. The Balaban J connectivity index is 2.41. The van der Waals surface area contributed by atoms with E-state index >= 15 is 0 Å². The van der Waals surface area contributed by atoms with E-state index in [1.54, 1.807) is 0 Å². The van der Waals surface area contributed by atoms with Gasteiger partial charge in [0.05, 0.1) is 6.61 Å². The zero-order valence-corrected chi connectivity index (χ0v) is 11.6. The third-order valence-corrected chi connectivity index (χ3v) is 2.68. The van der Waals surface area contributed by atoms with Gasteiger partial charge < -0.3 is 9.47 Å². The van der Waals surface area contributed by atoms with E-state index in [2.05, 4.69) is 13.8 Å². The molecule has 0 aromatic heterocycles. The molecule has 1 aliphatic rings. The summed E-state index contributed by atoms with van der Waals surface area (Å²) in [6.07, 6.45) is 6.56. The average molecular weight is 263 g/mol. The average Bonchev–Trinajstić information content (AvgIpc) is 2.40. The van der Waals surface area contributed by atoms with E-state index in [1.165, 1.54) is 0 Å². The van der Waals surface area contributed by atoms with Crippen LogP contribution in [0.25, 0.3) is 0 Å². The van der Waals surface area contributed by atoms with Crippen molar-refractivity contribution in [1.82, 2.24) is 0 Å². The van der Waals surface area contributed by atoms with E-state index in [9.17, 15) is 4.79 Å². The van der Waals surface area contributed by atoms with Gasteiger partial charge in [-0.25, -0.2) is 4.79 Å². The zero-order chi connectivity index (χ0) is 14.1. The van der Waals surface area contributed by atoms with Crippen LogP contribution in [-0.2, 0) is 14.3 Å². The van der Waals surface area contributed by atoms with Gasteiger partial charge in [0.1, 0.15) is 18.2 Å². The molecule has 0 spiro atoms. The maximum atomic E-state index is 11.8. The third kappa shape index (κ3) is 5.71. The molecule has 0 fully saturated rings. The predicted octanol–water partition coefficient (Wildman–Crippen LogP) is 2.76. The molecule has 0 aromatic rings. The van der Waals surface area contributed by atoms with Crippen LogP contribution in [0.15, 0.2) is 23.3 Å². The highest BCUT2D eigenvalue weighted by Gasteiger charge is 2.16. The maximum absolute atomic E-state index is 11.8. The Kier molecular flexibility index (Phi) is 6.91. The number of carbonyl (C=O) groups excluding carboxylic acids is 1. The number of nitriles is 1. The first-order valence-electron chi connectivity index (χ1n) is 6.69. The molecular weight excluding hydrogens is 242 g/mol. The minimum absolute atomic E-state index is 0.125. The number of carbonyl (C=O) groups is 1. The lowest BCUT2D eigenvalue weighted by Crippen LogP contribution is -2.15. The number of rotatable bonds is 6. The Labute approximate surface area is 114 Å². The molecule has 4 nitrogen and oxygen atoms in total.